The van der Waals surface area contributed by atoms with Crippen molar-refractivity contribution in [3.63, 3.8) is 0 Å². The first-order chi connectivity index (χ1) is 15.9. The summed E-state index contributed by atoms with van der Waals surface area (Å²) in [7, 11) is -3.68. The molecule has 2 aromatic carbocycles. The average Bonchev–Trinajstić information content (AvgIpc) is 2.97. The Morgan fingerprint density at radius 1 is 1.06 bits per heavy atom. The molecule has 1 aromatic heterocycles. The zero-order valence-corrected chi connectivity index (χ0v) is 19.3. The van der Waals surface area contributed by atoms with Gasteiger partial charge in [-0.05, 0) is 56.2 Å². The highest BCUT2D eigenvalue weighted by atomic mass is 32.2. The molecule has 0 radical (unpaired) electrons. The number of fused-ring (bicyclic) bond motifs is 1. The van der Waals surface area contributed by atoms with E-state index in [9.17, 15) is 18.0 Å². The third kappa shape index (κ3) is 5.12. The number of carbonyl (C=O) groups is 1. The Bertz CT molecular complexity index is 1290. The van der Waals surface area contributed by atoms with Crippen molar-refractivity contribution in [1.29, 1.82) is 0 Å². The van der Waals surface area contributed by atoms with Crippen LogP contribution in [0, 0.1) is 0 Å². The fourth-order valence-electron chi connectivity index (χ4n) is 3.93. The van der Waals surface area contributed by atoms with Crippen LogP contribution in [0.2, 0.25) is 0 Å². The van der Waals surface area contributed by atoms with Crippen molar-refractivity contribution in [2.45, 2.75) is 44.0 Å². The number of amides is 1. The van der Waals surface area contributed by atoms with Gasteiger partial charge in [0.2, 0.25) is 15.9 Å². The maximum absolute atomic E-state index is 13.0. The second-order valence-electron chi connectivity index (χ2n) is 7.91. The molecule has 176 valence electrons. The van der Waals surface area contributed by atoms with Crippen molar-refractivity contribution >= 4 is 32.7 Å². The topological polar surface area (TPSA) is 111 Å². The molecule has 2 heterocycles. The van der Waals surface area contributed by atoms with E-state index in [0.29, 0.717) is 36.6 Å². The van der Waals surface area contributed by atoms with Gasteiger partial charge in [0.05, 0.1) is 17.0 Å². The highest BCUT2D eigenvalue weighted by Gasteiger charge is 2.26. The van der Waals surface area contributed by atoms with Gasteiger partial charge < -0.3 is 14.5 Å². The van der Waals surface area contributed by atoms with Crippen LogP contribution in [-0.4, -0.2) is 42.9 Å². The van der Waals surface area contributed by atoms with Crippen molar-refractivity contribution in [3.8, 4) is 5.75 Å². The lowest BCUT2D eigenvalue weighted by molar-refractivity contribution is -0.116. The number of hydrogen-bond donors (Lipinski definition) is 1. The van der Waals surface area contributed by atoms with Gasteiger partial charge >= 0.3 is 5.76 Å². The fourth-order valence-corrected chi connectivity index (χ4v) is 5.47. The molecule has 0 saturated carbocycles. The summed E-state index contributed by atoms with van der Waals surface area (Å²) < 4.78 is 39.4. The number of sulfonamides is 1. The van der Waals surface area contributed by atoms with Gasteiger partial charge in [-0.15, -0.1) is 0 Å². The summed E-state index contributed by atoms with van der Waals surface area (Å²) >= 11 is 0. The molecule has 9 nitrogen and oxygen atoms in total. The van der Waals surface area contributed by atoms with E-state index >= 15 is 0 Å². The van der Waals surface area contributed by atoms with Crippen LogP contribution in [0.15, 0.2) is 56.6 Å². The lowest BCUT2D eigenvalue weighted by Gasteiger charge is -2.19. The zero-order valence-electron chi connectivity index (χ0n) is 18.5. The Morgan fingerprint density at radius 3 is 2.42 bits per heavy atom. The molecular weight excluding hydrogens is 446 g/mol. The standard InChI is InChI=1S/C23H27N3O6S/c1-2-31-18-9-7-17(8-10-18)24-22(27)16-26-20-12-11-19(15-21(20)32-23(26)28)33(29,30)25-13-5-3-4-6-14-25/h7-12,15H,2-6,13-14,16H2,1H3,(H,24,27). The van der Waals surface area contributed by atoms with Gasteiger partial charge in [-0.3, -0.25) is 9.36 Å². The van der Waals surface area contributed by atoms with Gasteiger partial charge in [-0.1, -0.05) is 12.8 Å². The first-order valence-electron chi connectivity index (χ1n) is 11.0. The number of rotatable bonds is 7. The van der Waals surface area contributed by atoms with Crippen molar-refractivity contribution < 1.29 is 22.4 Å². The van der Waals surface area contributed by atoms with Crippen LogP contribution in [0.25, 0.3) is 11.1 Å². The number of ether oxygens (including phenoxy) is 1. The number of hydrogen-bond acceptors (Lipinski definition) is 6. The number of carbonyl (C=O) groups excluding carboxylic acids is 1. The average molecular weight is 474 g/mol. The number of benzene rings is 2. The summed E-state index contributed by atoms with van der Waals surface area (Å²) in [4.78, 5) is 25.0. The van der Waals surface area contributed by atoms with E-state index in [2.05, 4.69) is 5.32 Å². The second kappa shape index (κ2) is 9.80. The Morgan fingerprint density at radius 2 is 1.76 bits per heavy atom. The molecule has 0 unspecified atom stereocenters. The number of nitrogens with zero attached hydrogens (tertiary/aromatic N) is 2. The number of aromatic nitrogens is 1. The van der Waals surface area contributed by atoms with E-state index in [1.807, 2.05) is 6.92 Å². The van der Waals surface area contributed by atoms with Gasteiger partial charge in [0.15, 0.2) is 5.58 Å². The summed E-state index contributed by atoms with van der Waals surface area (Å²) in [6.45, 7) is 3.13. The molecule has 1 aliphatic rings. The predicted octanol–water partition coefficient (Wildman–Crippen LogP) is 3.20. The van der Waals surface area contributed by atoms with E-state index in [-0.39, 0.29) is 17.0 Å². The molecule has 0 aliphatic carbocycles. The Labute approximate surface area is 192 Å². The molecule has 3 aromatic rings. The van der Waals surface area contributed by atoms with Gasteiger partial charge in [0.25, 0.3) is 0 Å². The van der Waals surface area contributed by atoms with E-state index in [4.69, 9.17) is 9.15 Å². The van der Waals surface area contributed by atoms with Crippen molar-refractivity contribution in [2.75, 3.05) is 25.0 Å². The first kappa shape index (κ1) is 23.1. The largest absolute Gasteiger partial charge is 0.494 e. The third-order valence-electron chi connectivity index (χ3n) is 5.59. The number of oxazole rings is 1. The van der Waals surface area contributed by atoms with Crippen LogP contribution in [-0.2, 0) is 21.4 Å². The second-order valence-corrected chi connectivity index (χ2v) is 9.85. The summed E-state index contributed by atoms with van der Waals surface area (Å²) in [6.07, 6.45) is 3.69. The van der Waals surface area contributed by atoms with Gasteiger partial charge in [0.1, 0.15) is 12.3 Å². The normalized spacial score (nSPS) is 15.3. The molecule has 1 amide bonds. The molecule has 4 rings (SSSR count). The molecular formula is C23H27N3O6S. The summed E-state index contributed by atoms with van der Waals surface area (Å²) in [5.41, 5.74) is 1.05. The molecule has 10 heteroatoms. The zero-order chi connectivity index (χ0) is 23.4. The quantitative estimate of drug-likeness (QED) is 0.564. The minimum Gasteiger partial charge on any atom is -0.494 e. The number of nitrogens with one attached hydrogen (secondary N) is 1. The monoisotopic (exact) mass is 473 g/mol. The maximum atomic E-state index is 13.0. The van der Waals surface area contributed by atoms with Gasteiger partial charge in [0, 0.05) is 24.8 Å². The Kier molecular flexibility index (Phi) is 6.85. The first-order valence-corrected chi connectivity index (χ1v) is 12.5. The van der Waals surface area contributed by atoms with Crippen LogP contribution in [0.4, 0.5) is 5.69 Å². The number of anilines is 1. The molecule has 33 heavy (non-hydrogen) atoms. The smallest absolute Gasteiger partial charge is 0.420 e. The van der Waals surface area contributed by atoms with Crippen molar-refractivity contribution in [1.82, 2.24) is 8.87 Å². The SMILES string of the molecule is CCOc1ccc(NC(=O)Cn2c(=O)oc3cc(S(=O)(=O)N4CCCCCC4)ccc32)cc1. The summed E-state index contributed by atoms with van der Waals surface area (Å²) in [5.74, 6) is -0.445. The molecule has 0 spiro atoms. The molecule has 0 bridgehead atoms. The van der Waals surface area contributed by atoms with Gasteiger partial charge in [-0.25, -0.2) is 13.2 Å². The highest BCUT2D eigenvalue weighted by Crippen LogP contribution is 2.24. The molecule has 1 aliphatic heterocycles. The lowest BCUT2D eigenvalue weighted by atomic mass is 10.2. The van der Waals surface area contributed by atoms with Crippen LogP contribution >= 0.6 is 0 Å². The Hall–Kier alpha value is -3.11. The molecule has 1 N–H and O–H groups in total. The minimum absolute atomic E-state index is 0.0802. The maximum Gasteiger partial charge on any atom is 0.420 e. The van der Waals surface area contributed by atoms with Crippen molar-refractivity contribution in [3.05, 3.63) is 53.0 Å². The van der Waals surface area contributed by atoms with Crippen LogP contribution in [0.5, 0.6) is 5.75 Å². The minimum atomic E-state index is -3.68. The summed E-state index contributed by atoms with van der Waals surface area (Å²) in [5, 5.41) is 2.73. The van der Waals surface area contributed by atoms with Crippen LogP contribution in [0.3, 0.4) is 0 Å². The lowest BCUT2D eigenvalue weighted by Crippen LogP contribution is -2.31. The fraction of sp³-hybridized carbons (Fsp3) is 0.391. The summed E-state index contributed by atoms with van der Waals surface area (Å²) in [6, 6.07) is 11.2. The van der Waals surface area contributed by atoms with Crippen LogP contribution < -0.4 is 15.8 Å². The van der Waals surface area contributed by atoms with E-state index in [1.165, 1.54) is 27.1 Å². The Balaban J connectivity index is 1.52. The van der Waals surface area contributed by atoms with E-state index < -0.39 is 21.7 Å². The predicted molar refractivity (Wildman–Crippen MR) is 124 cm³/mol. The molecule has 1 fully saturated rings. The van der Waals surface area contributed by atoms with E-state index in [1.54, 1.807) is 24.3 Å². The van der Waals surface area contributed by atoms with Gasteiger partial charge in [-0.2, -0.15) is 4.31 Å². The molecule has 0 atom stereocenters. The third-order valence-corrected chi connectivity index (χ3v) is 7.49. The van der Waals surface area contributed by atoms with Crippen LogP contribution in [0.1, 0.15) is 32.6 Å². The molecule has 1 saturated heterocycles. The van der Waals surface area contributed by atoms with Crippen molar-refractivity contribution in [2.24, 2.45) is 0 Å². The van der Waals surface area contributed by atoms with E-state index in [0.717, 1.165) is 25.7 Å². The highest BCUT2D eigenvalue weighted by molar-refractivity contribution is 7.89.